The molecule has 0 fully saturated rings. The van der Waals surface area contributed by atoms with Gasteiger partial charge in [0.25, 0.3) is 0 Å². The van der Waals surface area contributed by atoms with Gasteiger partial charge in [-0.15, -0.1) is 0 Å². The van der Waals surface area contributed by atoms with Crippen LogP contribution in [0.3, 0.4) is 0 Å². The van der Waals surface area contributed by atoms with Gasteiger partial charge in [0.1, 0.15) is 0 Å². The van der Waals surface area contributed by atoms with Crippen molar-refractivity contribution >= 4 is 31.9 Å². The van der Waals surface area contributed by atoms with E-state index in [1.165, 1.54) is 12.1 Å². The minimum Gasteiger partial charge on any atom is -0.308 e. The van der Waals surface area contributed by atoms with E-state index >= 15 is 0 Å². The van der Waals surface area contributed by atoms with Crippen LogP contribution in [0.2, 0.25) is 0 Å². The average molecular weight is 424 g/mol. The van der Waals surface area contributed by atoms with E-state index in [4.69, 9.17) is 0 Å². The van der Waals surface area contributed by atoms with Gasteiger partial charge in [-0.1, -0.05) is 12.1 Å². The predicted molar refractivity (Wildman–Crippen MR) is 82.0 cm³/mol. The molecular formula is C14H11Br2F3N2. The van der Waals surface area contributed by atoms with Crippen molar-refractivity contribution in [3.8, 4) is 0 Å². The third-order valence-corrected chi connectivity index (χ3v) is 4.04. The van der Waals surface area contributed by atoms with E-state index in [-0.39, 0.29) is 6.04 Å². The number of rotatable bonds is 3. The zero-order chi connectivity index (χ0) is 15.6. The number of nitrogens with zero attached hydrogens (tertiary/aromatic N) is 1. The maximum Gasteiger partial charge on any atom is 0.416 e. The maximum absolute atomic E-state index is 12.6. The number of hydrogen-bond acceptors (Lipinski definition) is 2. The standard InChI is InChI=1S/C14H11Br2F3N2/c1-20-12(13-11(16)6-10(15)7-21-13)8-2-4-9(5-3-8)14(17,18)19/h2-7,12,20H,1H3. The molecule has 1 N–H and O–H groups in total. The molecule has 0 aliphatic carbocycles. The van der Waals surface area contributed by atoms with Gasteiger partial charge in [0.2, 0.25) is 0 Å². The van der Waals surface area contributed by atoms with Crippen molar-refractivity contribution in [3.05, 3.63) is 62.3 Å². The topological polar surface area (TPSA) is 24.9 Å². The Labute approximate surface area is 137 Å². The monoisotopic (exact) mass is 422 g/mol. The molecule has 1 unspecified atom stereocenters. The molecule has 1 aromatic carbocycles. The van der Waals surface area contributed by atoms with Crippen LogP contribution in [0.25, 0.3) is 0 Å². The van der Waals surface area contributed by atoms with Gasteiger partial charge in [-0.3, -0.25) is 4.98 Å². The first-order valence-corrected chi connectivity index (χ1v) is 7.57. The first-order chi connectivity index (χ1) is 9.82. The van der Waals surface area contributed by atoms with Crippen molar-refractivity contribution in [2.75, 3.05) is 7.05 Å². The molecule has 1 aromatic heterocycles. The molecule has 0 amide bonds. The van der Waals surface area contributed by atoms with Gasteiger partial charge in [0, 0.05) is 15.1 Å². The lowest BCUT2D eigenvalue weighted by atomic mass is 10.0. The molecule has 0 aliphatic heterocycles. The van der Waals surface area contributed by atoms with Gasteiger partial charge in [0.05, 0.1) is 17.3 Å². The molecule has 2 nitrogen and oxygen atoms in total. The van der Waals surface area contributed by atoms with Crippen molar-refractivity contribution in [2.24, 2.45) is 0 Å². The Bertz CT molecular complexity index is 627. The highest BCUT2D eigenvalue weighted by Crippen LogP contribution is 2.32. The molecule has 0 spiro atoms. The normalized spacial score (nSPS) is 13.2. The molecule has 1 atom stereocenters. The van der Waals surface area contributed by atoms with E-state index in [1.807, 2.05) is 6.07 Å². The Morgan fingerprint density at radius 3 is 2.24 bits per heavy atom. The summed E-state index contributed by atoms with van der Waals surface area (Å²) in [5, 5.41) is 3.06. The fourth-order valence-corrected chi connectivity index (χ4v) is 3.18. The lowest BCUT2D eigenvalue weighted by Crippen LogP contribution is -2.19. The van der Waals surface area contributed by atoms with Gasteiger partial charge in [-0.05, 0) is 62.7 Å². The predicted octanol–water partition coefficient (Wildman–Crippen LogP) is 4.93. The van der Waals surface area contributed by atoms with Gasteiger partial charge < -0.3 is 5.32 Å². The summed E-state index contributed by atoms with van der Waals surface area (Å²) in [6.07, 6.45) is -2.68. The minimum atomic E-state index is -4.33. The van der Waals surface area contributed by atoms with Gasteiger partial charge in [-0.25, -0.2) is 0 Å². The second kappa shape index (κ2) is 6.46. The molecule has 0 bridgehead atoms. The van der Waals surface area contributed by atoms with Gasteiger partial charge in [-0.2, -0.15) is 13.2 Å². The van der Waals surface area contributed by atoms with E-state index in [0.717, 1.165) is 21.1 Å². The zero-order valence-corrected chi connectivity index (χ0v) is 14.1. The fraction of sp³-hybridized carbons (Fsp3) is 0.214. The van der Waals surface area contributed by atoms with Crippen molar-refractivity contribution in [1.29, 1.82) is 0 Å². The Kier molecular flexibility index (Phi) is 5.06. The summed E-state index contributed by atoms with van der Waals surface area (Å²) >= 11 is 6.74. The molecule has 7 heteroatoms. The lowest BCUT2D eigenvalue weighted by molar-refractivity contribution is -0.137. The zero-order valence-electron chi connectivity index (χ0n) is 10.9. The largest absolute Gasteiger partial charge is 0.416 e. The summed E-state index contributed by atoms with van der Waals surface area (Å²) in [5.41, 5.74) is 0.755. The quantitative estimate of drug-likeness (QED) is 0.756. The van der Waals surface area contributed by atoms with Crippen molar-refractivity contribution in [3.63, 3.8) is 0 Å². The SMILES string of the molecule is CNC(c1ccc(C(F)(F)F)cc1)c1ncc(Br)cc1Br. The molecular weight excluding hydrogens is 413 g/mol. The van der Waals surface area contributed by atoms with Crippen LogP contribution >= 0.6 is 31.9 Å². The highest BCUT2D eigenvalue weighted by atomic mass is 79.9. The number of aromatic nitrogens is 1. The maximum atomic E-state index is 12.6. The molecule has 2 rings (SSSR count). The van der Waals surface area contributed by atoms with E-state index in [2.05, 4.69) is 42.2 Å². The van der Waals surface area contributed by atoms with Crippen LogP contribution in [0.1, 0.15) is 22.9 Å². The second-order valence-corrected chi connectivity index (χ2v) is 6.13. The minimum absolute atomic E-state index is 0.297. The van der Waals surface area contributed by atoms with E-state index in [9.17, 15) is 13.2 Å². The first kappa shape index (κ1) is 16.5. The molecule has 1 heterocycles. The van der Waals surface area contributed by atoms with Crippen LogP contribution in [0.15, 0.2) is 45.5 Å². The summed E-state index contributed by atoms with van der Waals surface area (Å²) in [7, 11) is 1.73. The Morgan fingerprint density at radius 1 is 1.14 bits per heavy atom. The number of halogens is 5. The van der Waals surface area contributed by atoms with Crippen LogP contribution in [0, 0.1) is 0 Å². The molecule has 2 aromatic rings. The smallest absolute Gasteiger partial charge is 0.308 e. The summed E-state index contributed by atoms with van der Waals surface area (Å²) in [6.45, 7) is 0. The molecule has 0 aliphatic rings. The van der Waals surface area contributed by atoms with Crippen molar-refractivity contribution < 1.29 is 13.2 Å². The summed E-state index contributed by atoms with van der Waals surface area (Å²) in [5.74, 6) is 0. The Morgan fingerprint density at radius 2 is 1.76 bits per heavy atom. The summed E-state index contributed by atoms with van der Waals surface area (Å²) in [6, 6.07) is 6.62. The van der Waals surface area contributed by atoms with Crippen LogP contribution in [-0.2, 0) is 6.18 Å². The highest BCUT2D eigenvalue weighted by molar-refractivity contribution is 9.11. The highest BCUT2D eigenvalue weighted by Gasteiger charge is 2.30. The van der Waals surface area contributed by atoms with Crippen LogP contribution < -0.4 is 5.32 Å². The number of hydrogen-bond donors (Lipinski definition) is 1. The third kappa shape index (κ3) is 3.84. The van der Waals surface area contributed by atoms with Crippen LogP contribution in [0.4, 0.5) is 13.2 Å². The van der Waals surface area contributed by atoms with Crippen molar-refractivity contribution in [1.82, 2.24) is 10.3 Å². The van der Waals surface area contributed by atoms with E-state index in [1.54, 1.807) is 13.2 Å². The summed E-state index contributed by atoms with van der Waals surface area (Å²) in [4.78, 5) is 4.32. The van der Waals surface area contributed by atoms with Crippen LogP contribution in [-0.4, -0.2) is 12.0 Å². The molecule has 0 radical (unpaired) electrons. The first-order valence-electron chi connectivity index (χ1n) is 5.98. The molecule has 0 saturated heterocycles. The summed E-state index contributed by atoms with van der Waals surface area (Å²) < 4.78 is 39.4. The van der Waals surface area contributed by atoms with Gasteiger partial charge >= 0.3 is 6.18 Å². The molecule has 112 valence electrons. The van der Waals surface area contributed by atoms with E-state index < -0.39 is 11.7 Å². The van der Waals surface area contributed by atoms with Gasteiger partial charge in [0.15, 0.2) is 0 Å². The third-order valence-electron chi connectivity index (χ3n) is 2.97. The van der Waals surface area contributed by atoms with Crippen molar-refractivity contribution in [2.45, 2.75) is 12.2 Å². The molecule has 21 heavy (non-hydrogen) atoms. The van der Waals surface area contributed by atoms with E-state index in [0.29, 0.717) is 11.3 Å². The van der Waals surface area contributed by atoms with Crippen LogP contribution in [0.5, 0.6) is 0 Å². The Balaban J connectivity index is 2.37. The average Bonchev–Trinajstić information content (AvgIpc) is 2.41. The Hall–Kier alpha value is -0.920. The molecule has 0 saturated carbocycles. The number of pyridine rings is 1. The number of alkyl halides is 3. The number of nitrogens with one attached hydrogen (secondary N) is 1. The number of benzene rings is 1. The second-order valence-electron chi connectivity index (χ2n) is 4.36. The lowest BCUT2D eigenvalue weighted by Gasteiger charge is -2.18. The fourth-order valence-electron chi connectivity index (χ4n) is 1.96.